The maximum Gasteiger partial charge on any atom is 0.110 e. The highest BCUT2D eigenvalue weighted by atomic mass is 19.1. The summed E-state index contributed by atoms with van der Waals surface area (Å²) in [4.78, 5) is 4.21. The number of alkyl halides is 1. The molecule has 1 rings (SSSR count). The average molecular weight is 185 g/mol. The van der Waals surface area contributed by atoms with Crippen LogP contribution in [0, 0.1) is 11.3 Å². The van der Waals surface area contributed by atoms with Gasteiger partial charge in [-0.1, -0.05) is 0 Å². The summed E-state index contributed by atoms with van der Waals surface area (Å²) in [7, 11) is 1.96. The van der Waals surface area contributed by atoms with Gasteiger partial charge in [0.05, 0.1) is 12.7 Å². The van der Waals surface area contributed by atoms with Crippen molar-refractivity contribution in [3.63, 3.8) is 0 Å². The quantitative estimate of drug-likeness (QED) is 0.641. The molecule has 0 spiro atoms. The molecule has 1 aliphatic rings. The summed E-state index contributed by atoms with van der Waals surface area (Å²) in [5.41, 5.74) is 0. The number of piperazine rings is 1. The van der Waals surface area contributed by atoms with Gasteiger partial charge in [-0.25, -0.2) is 0 Å². The Kier molecular flexibility index (Phi) is 4.13. The Labute approximate surface area is 78.7 Å². The van der Waals surface area contributed by atoms with Crippen LogP contribution in [-0.4, -0.2) is 55.7 Å². The Morgan fingerprint density at radius 1 is 1.54 bits per heavy atom. The number of halogens is 1. The van der Waals surface area contributed by atoms with E-state index in [1.165, 1.54) is 0 Å². The van der Waals surface area contributed by atoms with E-state index in [9.17, 15) is 4.39 Å². The van der Waals surface area contributed by atoms with Crippen LogP contribution >= 0.6 is 0 Å². The van der Waals surface area contributed by atoms with Crippen molar-refractivity contribution in [2.45, 2.75) is 12.5 Å². The fraction of sp³-hybridized carbons (Fsp3) is 0.889. The molecule has 13 heavy (non-hydrogen) atoms. The van der Waals surface area contributed by atoms with Gasteiger partial charge >= 0.3 is 0 Å². The molecule has 1 heterocycles. The van der Waals surface area contributed by atoms with Gasteiger partial charge in [0, 0.05) is 26.2 Å². The monoisotopic (exact) mass is 185 g/mol. The van der Waals surface area contributed by atoms with Gasteiger partial charge in [0.25, 0.3) is 0 Å². The topological polar surface area (TPSA) is 30.3 Å². The molecular formula is C9H16FN3. The molecule has 0 amide bonds. The lowest BCUT2D eigenvalue weighted by Crippen LogP contribution is -2.50. The molecule has 3 nitrogen and oxygen atoms in total. The second-order valence-electron chi connectivity index (χ2n) is 3.47. The smallest absolute Gasteiger partial charge is 0.110 e. The highest BCUT2D eigenvalue weighted by Crippen LogP contribution is 2.06. The van der Waals surface area contributed by atoms with Gasteiger partial charge in [-0.05, 0) is 13.5 Å². The van der Waals surface area contributed by atoms with Crippen molar-refractivity contribution in [3.8, 4) is 6.07 Å². The van der Waals surface area contributed by atoms with E-state index in [4.69, 9.17) is 5.26 Å². The third-order valence-corrected chi connectivity index (χ3v) is 2.49. The maximum absolute atomic E-state index is 11.9. The van der Waals surface area contributed by atoms with Crippen LogP contribution in [0.4, 0.5) is 4.39 Å². The first-order valence-corrected chi connectivity index (χ1v) is 4.66. The molecule has 1 saturated heterocycles. The summed E-state index contributed by atoms with van der Waals surface area (Å²) in [5.74, 6) is 0. The largest absolute Gasteiger partial charge is 0.299 e. The zero-order valence-corrected chi connectivity index (χ0v) is 8.04. The summed E-state index contributed by atoms with van der Waals surface area (Å²) >= 11 is 0. The van der Waals surface area contributed by atoms with Gasteiger partial charge in [-0.15, -0.1) is 0 Å². The lowest BCUT2D eigenvalue weighted by atomic mass is 10.2. The highest BCUT2D eigenvalue weighted by molar-refractivity contribution is 4.95. The summed E-state index contributed by atoms with van der Waals surface area (Å²) in [6, 6.07) is 2.23. The summed E-state index contributed by atoms with van der Waals surface area (Å²) in [6.07, 6.45) is 0.585. The van der Waals surface area contributed by atoms with Crippen LogP contribution in [0.3, 0.4) is 0 Å². The van der Waals surface area contributed by atoms with Gasteiger partial charge in [0.2, 0.25) is 0 Å². The molecular weight excluding hydrogens is 169 g/mol. The second kappa shape index (κ2) is 5.15. The van der Waals surface area contributed by atoms with Crippen LogP contribution in [0.5, 0.6) is 0 Å². The summed E-state index contributed by atoms with van der Waals surface area (Å²) in [5, 5.41) is 8.81. The van der Waals surface area contributed by atoms with Crippen molar-refractivity contribution >= 4 is 0 Å². The van der Waals surface area contributed by atoms with Gasteiger partial charge in [0.1, 0.15) is 6.04 Å². The molecule has 0 aromatic heterocycles. The molecule has 74 valence electrons. The van der Waals surface area contributed by atoms with E-state index in [2.05, 4.69) is 11.0 Å². The van der Waals surface area contributed by atoms with E-state index in [0.717, 1.165) is 26.2 Å². The van der Waals surface area contributed by atoms with Crippen molar-refractivity contribution in [3.05, 3.63) is 0 Å². The second-order valence-corrected chi connectivity index (χ2v) is 3.47. The van der Waals surface area contributed by atoms with Crippen molar-refractivity contribution in [2.24, 2.45) is 0 Å². The molecule has 1 fully saturated rings. The molecule has 0 aromatic carbocycles. The third-order valence-electron chi connectivity index (χ3n) is 2.49. The fourth-order valence-corrected chi connectivity index (χ4v) is 1.56. The van der Waals surface area contributed by atoms with Crippen LogP contribution in [-0.2, 0) is 0 Å². The number of hydrogen-bond donors (Lipinski definition) is 0. The van der Waals surface area contributed by atoms with E-state index in [1.54, 1.807) is 0 Å². The number of rotatable bonds is 3. The minimum atomic E-state index is -0.260. The van der Waals surface area contributed by atoms with Crippen molar-refractivity contribution < 1.29 is 4.39 Å². The standard InChI is InChI=1S/C9H16FN3/c1-12-5-6-13(4-2-3-10)8-9(12)7-11/h9H,2-6,8H2,1H3. The summed E-state index contributed by atoms with van der Waals surface area (Å²) in [6.45, 7) is 3.14. The SMILES string of the molecule is CN1CCN(CCCF)CC1C#N. The van der Waals surface area contributed by atoms with E-state index in [-0.39, 0.29) is 12.7 Å². The van der Waals surface area contributed by atoms with Gasteiger partial charge in [-0.2, -0.15) is 5.26 Å². The van der Waals surface area contributed by atoms with Crippen molar-refractivity contribution in [1.29, 1.82) is 5.26 Å². The first-order valence-electron chi connectivity index (χ1n) is 4.66. The first-order chi connectivity index (χ1) is 6.27. The molecule has 0 bridgehead atoms. The van der Waals surface area contributed by atoms with E-state index < -0.39 is 0 Å². The van der Waals surface area contributed by atoms with Crippen molar-refractivity contribution in [1.82, 2.24) is 9.80 Å². The lowest BCUT2D eigenvalue weighted by molar-refractivity contribution is 0.119. The van der Waals surface area contributed by atoms with Gasteiger partial charge in [0.15, 0.2) is 0 Å². The van der Waals surface area contributed by atoms with Crippen LogP contribution < -0.4 is 0 Å². The van der Waals surface area contributed by atoms with E-state index in [0.29, 0.717) is 6.42 Å². The molecule has 0 saturated carbocycles. The third kappa shape index (κ3) is 2.94. The molecule has 1 aliphatic heterocycles. The minimum Gasteiger partial charge on any atom is -0.299 e. The van der Waals surface area contributed by atoms with Crippen LogP contribution in [0.2, 0.25) is 0 Å². The Morgan fingerprint density at radius 3 is 2.92 bits per heavy atom. The molecule has 0 aromatic rings. The van der Waals surface area contributed by atoms with Gasteiger partial charge in [-0.3, -0.25) is 14.2 Å². The number of likely N-dealkylation sites (N-methyl/N-ethyl adjacent to an activating group) is 1. The first kappa shape index (κ1) is 10.4. The number of hydrogen-bond acceptors (Lipinski definition) is 3. The maximum atomic E-state index is 11.9. The highest BCUT2D eigenvalue weighted by Gasteiger charge is 2.23. The predicted octanol–water partition coefficient (Wildman–Crippen LogP) is 0.486. The molecule has 1 atom stereocenters. The van der Waals surface area contributed by atoms with Crippen molar-refractivity contribution in [2.75, 3.05) is 39.9 Å². The van der Waals surface area contributed by atoms with Crippen LogP contribution in [0.15, 0.2) is 0 Å². The Morgan fingerprint density at radius 2 is 2.31 bits per heavy atom. The molecule has 1 unspecified atom stereocenters. The molecule has 0 N–H and O–H groups in total. The van der Waals surface area contributed by atoms with Gasteiger partial charge < -0.3 is 0 Å². The predicted molar refractivity (Wildman–Crippen MR) is 49.1 cm³/mol. The molecule has 4 heteroatoms. The van der Waals surface area contributed by atoms with E-state index >= 15 is 0 Å². The summed E-state index contributed by atoms with van der Waals surface area (Å²) < 4.78 is 11.9. The average Bonchev–Trinajstić information content (AvgIpc) is 2.16. The minimum absolute atomic E-state index is 0.0200. The fourth-order valence-electron chi connectivity index (χ4n) is 1.56. The lowest BCUT2D eigenvalue weighted by Gasteiger charge is -2.35. The zero-order chi connectivity index (χ0) is 9.68. The molecule has 0 radical (unpaired) electrons. The van der Waals surface area contributed by atoms with E-state index in [1.807, 2.05) is 11.9 Å². The number of nitrogens with zero attached hydrogens (tertiary/aromatic N) is 3. The molecule has 0 aliphatic carbocycles. The zero-order valence-electron chi connectivity index (χ0n) is 8.04. The number of nitriles is 1. The Bertz CT molecular complexity index is 188. The Balaban J connectivity index is 2.32. The normalized spacial score (nSPS) is 25.8. The van der Waals surface area contributed by atoms with Crippen LogP contribution in [0.25, 0.3) is 0 Å². The Hall–Kier alpha value is -0.660. The van der Waals surface area contributed by atoms with Crippen LogP contribution in [0.1, 0.15) is 6.42 Å².